The third-order valence-electron chi connectivity index (χ3n) is 0.926. The first-order valence-corrected chi connectivity index (χ1v) is 2.48. The second-order valence-corrected chi connectivity index (χ2v) is 1.68. The SMILES string of the molecule is N=NC(CC(=O)O)(N=N)N=N. The fourth-order valence-corrected chi connectivity index (χ4v) is 0.396. The van der Waals surface area contributed by atoms with Gasteiger partial charge in [-0.05, 0) is 0 Å². The second-order valence-electron chi connectivity index (χ2n) is 1.68. The molecule has 0 radical (unpaired) electrons. The molecule has 0 aromatic carbocycles. The first-order valence-electron chi connectivity index (χ1n) is 2.48. The van der Waals surface area contributed by atoms with Gasteiger partial charge in [-0.1, -0.05) is 0 Å². The summed E-state index contributed by atoms with van der Waals surface area (Å²) in [5.74, 6) is -3.39. The average Bonchev–Trinajstić information content (AvgIpc) is 2.00. The molecule has 0 aromatic heterocycles. The van der Waals surface area contributed by atoms with Crippen molar-refractivity contribution in [3.05, 3.63) is 0 Å². The van der Waals surface area contributed by atoms with Crippen LogP contribution in [-0.2, 0) is 4.79 Å². The van der Waals surface area contributed by atoms with E-state index in [2.05, 4.69) is 15.3 Å². The second kappa shape index (κ2) is 3.44. The Balaban J connectivity index is 4.54. The van der Waals surface area contributed by atoms with Gasteiger partial charge in [0.1, 0.15) is 6.42 Å². The molecule has 11 heavy (non-hydrogen) atoms. The van der Waals surface area contributed by atoms with Crippen molar-refractivity contribution in [1.29, 1.82) is 16.6 Å². The summed E-state index contributed by atoms with van der Waals surface area (Å²) in [5, 5.41) is 16.2. The van der Waals surface area contributed by atoms with Gasteiger partial charge in [-0.15, -0.1) is 15.3 Å². The van der Waals surface area contributed by atoms with E-state index in [-0.39, 0.29) is 0 Å². The molecule has 0 atom stereocenters. The van der Waals surface area contributed by atoms with Crippen LogP contribution in [-0.4, -0.2) is 16.9 Å². The lowest BCUT2D eigenvalue weighted by atomic mass is 10.3. The molecule has 0 unspecified atom stereocenters. The zero-order valence-corrected chi connectivity index (χ0v) is 5.40. The molecule has 0 bridgehead atoms. The van der Waals surface area contributed by atoms with E-state index < -0.39 is 18.2 Å². The van der Waals surface area contributed by atoms with Crippen molar-refractivity contribution in [1.82, 2.24) is 0 Å². The lowest BCUT2D eigenvalue weighted by molar-refractivity contribution is -0.138. The van der Waals surface area contributed by atoms with E-state index in [4.69, 9.17) is 21.7 Å². The molecule has 0 amide bonds. The van der Waals surface area contributed by atoms with Gasteiger partial charge in [0, 0.05) is 0 Å². The van der Waals surface area contributed by atoms with Crippen molar-refractivity contribution in [3.8, 4) is 0 Å². The molecule has 0 saturated heterocycles. The largest absolute Gasteiger partial charge is 0.481 e. The van der Waals surface area contributed by atoms with Gasteiger partial charge >= 0.3 is 11.8 Å². The van der Waals surface area contributed by atoms with Crippen LogP contribution in [0.25, 0.3) is 0 Å². The van der Waals surface area contributed by atoms with Crippen LogP contribution in [0.5, 0.6) is 0 Å². The molecule has 8 nitrogen and oxygen atoms in total. The number of hydrogen-bond acceptors (Lipinski definition) is 7. The highest BCUT2D eigenvalue weighted by Gasteiger charge is 2.31. The summed E-state index contributed by atoms with van der Waals surface area (Å²) in [6.07, 6.45) is -0.747. The van der Waals surface area contributed by atoms with Gasteiger partial charge in [-0.25, -0.2) is 16.6 Å². The van der Waals surface area contributed by atoms with Crippen LogP contribution in [0, 0.1) is 16.6 Å². The Hall–Kier alpha value is -1.73. The van der Waals surface area contributed by atoms with E-state index in [9.17, 15) is 4.79 Å². The number of aliphatic carboxylic acids is 1. The summed E-state index contributed by atoms with van der Waals surface area (Å²) in [6, 6.07) is 0. The predicted octanol–water partition coefficient (Wildman–Crippen LogP) is 1.21. The zero-order valence-electron chi connectivity index (χ0n) is 5.40. The third kappa shape index (κ3) is 2.16. The lowest BCUT2D eigenvalue weighted by Gasteiger charge is -2.10. The zero-order chi connectivity index (χ0) is 8.91. The van der Waals surface area contributed by atoms with Crippen molar-refractivity contribution < 1.29 is 9.90 Å². The predicted molar refractivity (Wildman–Crippen MR) is 30.4 cm³/mol. The molecule has 0 spiro atoms. The van der Waals surface area contributed by atoms with Crippen LogP contribution in [0.3, 0.4) is 0 Å². The molecular weight excluding hydrogens is 152 g/mol. The minimum atomic E-state index is -2.08. The molecule has 0 fully saturated rings. The number of carboxylic acid groups (broad SMARTS) is 1. The topological polar surface area (TPSA) is 146 Å². The number of rotatable bonds is 5. The fourth-order valence-electron chi connectivity index (χ4n) is 0.396. The summed E-state index contributed by atoms with van der Waals surface area (Å²) in [4.78, 5) is 10.1. The standard InChI is InChI=1S/C3H6N6O2/c4-7-3(8-5,9-6)1-2(10)11/h4-6H,1H2,(H,10,11). The van der Waals surface area contributed by atoms with E-state index in [1.807, 2.05) is 0 Å². The van der Waals surface area contributed by atoms with E-state index in [0.29, 0.717) is 0 Å². The maximum atomic E-state index is 10.1. The molecule has 0 saturated carbocycles. The summed E-state index contributed by atoms with van der Waals surface area (Å²) in [7, 11) is 0. The molecule has 8 heteroatoms. The van der Waals surface area contributed by atoms with Crippen LogP contribution in [0.1, 0.15) is 6.42 Å². The summed E-state index contributed by atoms with van der Waals surface area (Å²) in [5.41, 5.74) is 19.3. The highest BCUT2D eigenvalue weighted by atomic mass is 16.4. The Morgan fingerprint density at radius 2 is 1.64 bits per heavy atom. The Labute approximate surface area is 61.1 Å². The van der Waals surface area contributed by atoms with Crippen LogP contribution >= 0.6 is 0 Å². The monoisotopic (exact) mass is 158 g/mol. The van der Waals surface area contributed by atoms with Gasteiger partial charge < -0.3 is 5.11 Å². The summed E-state index contributed by atoms with van der Waals surface area (Å²) >= 11 is 0. The van der Waals surface area contributed by atoms with Crippen LogP contribution in [0.4, 0.5) is 0 Å². The van der Waals surface area contributed by atoms with E-state index in [1.165, 1.54) is 0 Å². The number of carboxylic acids is 1. The molecule has 0 aliphatic rings. The van der Waals surface area contributed by atoms with Gasteiger partial charge in [0.25, 0.3) is 0 Å². The molecule has 60 valence electrons. The molecule has 0 aliphatic carbocycles. The van der Waals surface area contributed by atoms with Crippen molar-refractivity contribution in [2.24, 2.45) is 15.3 Å². The Kier molecular flexibility index (Phi) is 2.90. The molecule has 4 N–H and O–H groups in total. The highest BCUT2D eigenvalue weighted by molar-refractivity contribution is 5.68. The van der Waals surface area contributed by atoms with Gasteiger partial charge in [-0.3, -0.25) is 4.79 Å². The molecule has 0 rings (SSSR count). The number of nitrogens with one attached hydrogen (secondary N) is 3. The first kappa shape index (κ1) is 9.27. The highest BCUT2D eigenvalue weighted by Crippen LogP contribution is 2.18. The molecule has 0 aliphatic heterocycles. The van der Waals surface area contributed by atoms with Gasteiger partial charge in [0.2, 0.25) is 0 Å². The number of hydrogen-bond donors (Lipinski definition) is 4. The first-order chi connectivity index (χ1) is 5.10. The fraction of sp³-hybridized carbons (Fsp3) is 0.667. The maximum absolute atomic E-state index is 10.1. The average molecular weight is 158 g/mol. The third-order valence-corrected chi connectivity index (χ3v) is 0.926. The van der Waals surface area contributed by atoms with Crippen molar-refractivity contribution in [2.75, 3.05) is 0 Å². The number of nitrogens with zero attached hydrogens (tertiary/aromatic N) is 3. The van der Waals surface area contributed by atoms with Crippen molar-refractivity contribution in [3.63, 3.8) is 0 Å². The maximum Gasteiger partial charge on any atom is 0.310 e. The van der Waals surface area contributed by atoms with Gasteiger partial charge in [-0.2, -0.15) is 0 Å². The van der Waals surface area contributed by atoms with E-state index >= 15 is 0 Å². The number of carbonyl (C=O) groups is 1. The Morgan fingerprint density at radius 1 is 1.27 bits per heavy atom. The minimum absolute atomic E-state index is 0.747. The van der Waals surface area contributed by atoms with Crippen LogP contribution < -0.4 is 0 Å². The quantitative estimate of drug-likeness (QED) is 0.445. The molecular formula is C3H6N6O2. The smallest absolute Gasteiger partial charge is 0.310 e. The Bertz CT molecular complexity index is 178. The van der Waals surface area contributed by atoms with Crippen molar-refractivity contribution >= 4 is 5.97 Å². The summed E-state index contributed by atoms with van der Waals surface area (Å²) < 4.78 is 0. The van der Waals surface area contributed by atoms with Gasteiger partial charge in [0.15, 0.2) is 0 Å². The van der Waals surface area contributed by atoms with E-state index in [1.54, 1.807) is 0 Å². The van der Waals surface area contributed by atoms with Gasteiger partial charge in [0.05, 0.1) is 0 Å². The normalized spacial score (nSPS) is 14.5. The molecule has 0 aromatic rings. The Morgan fingerprint density at radius 3 is 1.73 bits per heavy atom. The van der Waals surface area contributed by atoms with Crippen LogP contribution in [0.15, 0.2) is 15.3 Å². The lowest BCUT2D eigenvalue weighted by Crippen LogP contribution is -2.22. The minimum Gasteiger partial charge on any atom is -0.481 e. The summed E-state index contributed by atoms with van der Waals surface area (Å²) in [6.45, 7) is 0. The van der Waals surface area contributed by atoms with Crippen molar-refractivity contribution in [2.45, 2.75) is 12.2 Å². The van der Waals surface area contributed by atoms with Crippen LogP contribution in [0.2, 0.25) is 0 Å². The van der Waals surface area contributed by atoms with E-state index in [0.717, 1.165) is 0 Å². The molecule has 0 heterocycles.